The van der Waals surface area contributed by atoms with Crippen molar-refractivity contribution in [3.8, 4) is 5.75 Å². The Kier molecular flexibility index (Phi) is 10.4. The zero-order chi connectivity index (χ0) is 31.0. The molecular weight excluding hydrogens is 568 g/mol. The van der Waals surface area contributed by atoms with Gasteiger partial charge in [0, 0.05) is 44.4 Å². The van der Waals surface area contributed by atoms with E-state index in [9.17, 15) is 47.7 Å². The second-order valence-electron chi connectivity index (χ2n) is 9.20. The number of rotatable bonds is 8. The van der Waals surface area contributed by atoms with Gasteiger partial charge in [0.05, 0.1) is 35.0 Å². The molecule has 15 heteroatoms. The highest BCUT2D eigenvalue weighted by Crippen LogP contribution is 2.38. The van der Waals surface area contributed by atoms with E-state index < -0.39 is 50.8 Å². The number of halogens is 4. The molecule has 0 bridgehead atoms. The number of ether oxygens (including phenoxy) is 1. The van der Waals surface area contributed by atoms with E-state index in [1.54, 1.807) is 0 Å². The third-order valence-corrected chi connectivity index (χ3v) is 6.39. The smallest absolute Gasteiger partial charge is 0.416 e. The minimum Gasteiger partial charge on any atom is -0.497 e. The van der Waals surface area contributed by atoms with Crippen LogP contribution in [0.5, 0.6) is 5.75 Å². The summed E-state index contributed by atoms with van der Waals surface area (Å²) in [7, 11) is 1.36. The Labute approximate surface area is 236 Å². The van der Waals surface area contributed by atoms with E-state index in [-0.39, 0.29) is 30.9 Å². The molecule has 0 radical (unpaired) electrons. The summed E-state index contributed by atoms with van der Waals surface area (Å²) in [5, 5.41) is 30.9. The molecular formula is C27H26F4N4O7. The molecule has 0 aliphatic carbocycles. The minimum absolute atomic E-state index is 0.174. The van der Waals surface area contributed by atoms with Crippen molar-refractivity contribution in [3.05, 3.63) is 104 Å². The predicted molar refractivity (Wildman–Crippen MR) is 143 cm³/mol. The molecule has 1 saturated heterocycles. The lowest BCUT2D eigenvalue weighted by Crippen LogP contribution is -2.53. The molecule has 4 rings (SSSR count). The number of carboxylic acids is 1. The molecule has 1 atom stereocenters. The molecule has 1 unspecified atom stereocenters. The summed E-state index contributed by atoms with van der Waals surface area (Å²) in [6.07, 6.45) is -5.01. The molecule has 1 aliphatic rings. The summed E-state index contributed by atoms with van der Waals surface area (Å²) in [6, 6.07) is 14.4. The van der Waals surface area contributed by atoms with Gasteiger partial charge in [0.2, 0.25) is 5.82 Å². The maximum atomic E-state index is 13.2. The standard InChI is InChI=1S/C20H20F3N3O4.C7H6FNO3/c21-20(22,23)15-6-7-17(26(29)30)18(10-15)25-9-8-24(13-16(25)11-19(27)28)12-14-4-2-1-3-5-14;1-12-5-2-3-7(9(10)11)6(8)4-5/h1-7,10,16H,8-9,11-13H2,(H,27,28);2-4H,1H3. The molecule has 0 spiro atoms. The summed E-state index contributed by atoms with van der Waals surface area (Å²) in [6.45, 7) is 1.41. The number of carbonyl (C=O) groups is 1. The van der Waals surface area contributed by atoms with E-state index >= 15 is 0 Å². The highest BCUT2D eigenvalue weighted by atomic mass is 19.4. The van der Waals surface area contributed by atoms with Gasteiger partial charge in [0.25, 0.3) is 5.69 Å². The summed E-state index contributed by atoms with van der Waals surface area (Å²) in [4.78, 5) is 34.9. The van der Waals surface area contributed by atoms with Gasteiger partial charge in [0.1, 0.15) is 11.4 Å². The maximum absolute atomic E-state index is 13.2. The zero-order valence-electron chi connectivity index (χ0n) is 22.2. The first kappa shape index (κ1) is 31.7. The van der Waals surface area contributed by atoms with Crippen molar-refractivity contribution in [3.63, 3.8) is 0 Å². The van der Waals surface area contributed by atoms with Crippen LogP contribution in [0.15, 0.2) is 66.7 Å². The Bertz CT molecular complexity index is 1420. The number of carboxylic acid groups (broad SMARTS) is 1. The Morgan fingerprint density at radius 2 is 1.64 bits per heavy atom. The molecule has 0 saturated carbocycles. The molecule has 3 aromatic rings. The summed E-state index contributed by atoms with van der Waals surface area (Å²) in [5.74, 6) is -1.75. The average Bonchev–Trinajstić information content (AvgIpc) is 2.92. The van der Waals surface area contributed by atoms with Gasteiger partial charge in [-0.05, 0) is 23.8 Å². The first-order chi connectivity index (χ1) is 19.8. The van der Waals surface area contributed by atoms with Gasteiger partial charge in [-0.1, -0.05) is 30.3 Å². The lowest BCUT2D eigenvalue weighted by molar-refractivity contribution is -0.387. The van der Waals surface area contributed by atoms with Crippen LogP contribution < -0.4 is 9.64 Å². The molecule has 1 aliphatic heterocycles. The largest absolute Gasteiger partial charge is 0.497 e. The molecule has 3 aromatic carbocycles. The van der Waals surface area contributed by atoms with Gasteiger partial charge >= 0.3 is 17.8 Å². The molecule has 11 nitrogen and oxygen atoms in total. The van der Waals surface area contributed by atoms with Crippen LogP contribution in [-0.2, 0) is 17.5 Å². The highest BCUT2D eigenvalue weighted by Gasteiger charge is 2.36. The highest BCUT2D eigenvalue weighted by molar-refractivity contribution is 5.71. The molecule has 1 fully saturated rings. The first-order valence-electron chi connectivity index (χ1n) is 12.4. The maximum Gasteiger partial charge on any atom is 0.416 e. The summed E-state index contributed by atoms with van der Waals surface area (Å²) >= 11 is 0. The topological polar surface area (TPSA) is 139 Å². The van der Waals surface area contributed by atoms with Crippen LogP contribution in [0.4, 0.5) is 34.6 Å². The lowest BCUT2D eigenvalue weighted by atomic mass is 10.0. The van der Waals surface area contributed by atoms with E-state index in [1.807, 2.05) is 35.2 Å². The third kappa shape index (κ3) is 8.36. The second-order valence-corrected chi connectivity index (χ2v) is 9.20. The van der Waals surface area contributed by atoms with E-state index in [4.69, 9.17) is 0 Å². The minimum atomic E-state index is -4.67. The van der Waals surface area contributed by atoms with E-state index in [1.165, 1.54) is 18.1 Å². The predicted octanol–water partition coefficient (Wildman–Crippen LogP) is 5.52. The monoisotopic (exact) mass is 594 g/mol. The summed E-state index contributed by atoms with van der Waals surface area (Å²) < 4.78 is 57.0. The Morgan fingerprint density at radius 1 is 1.00 bits per heavy atom. The van der Waals surface area contributed by atoms with Gasteiger partial charge < -0.3 is 14.7 Å². The molecule has 0 aromatic heterocycles. The normalized spacial score (nSPS) is 15.4. The van der Waals surface area contributed by atoms with Crippen molar-refractivity contribution in [1.82, 2.24) is 4.90 Å². The molecule has 1 heterocycles. The van der Waals surface area contributed by atoms with Crippen molar-refractivity contribution in [1.29, 1.82) is 0 Å². The number of alkyl halides is 3. The van der Waals surface area contributed by atoms with Crippen molar-refractivity contribution in [2.45, 2.75) is 25.2 Å². The SMILES string of the molecule is COc1ccc([N+](=O)[O-])c(F)c1.O=C(O)CC1CN(Cc2ccccc2)CCN1c1cc(C(F)(F)F)ccc1[N+](=O)[O-]. The fourth-order valence-corrected chi connectivity index (χ4v) is 4.45. The number of nitro benzene ring substituents is 2. The van der Waals surface area contributed by atoms with Gasteiger partial charge in [0.15, 0.2) is 0 Å². The number of hydrogen-bond donors (Lipinski definition) is 1. The van der Waals surface area contributed by atoms with Crippen molar-refractivity contribution in [2.24, 2.45) is 0 Å². The number of aliphatic carboxylic acids is 1. The Hall–Kier alpha value is -4.79. The van der Waals surface area contributed by atoms with Crippen molar-refractivity contribution < 1.29 is 42.0 Å². The Morgan fingerprint density at radius 3 is 2.19 bits per heavy atom. The molecule has 1 N–H and O–H groups in total. The molecule has 0 amide bonds. The number of hydrogen-bond acceptors (Lipinski definition) is 8. The number of anilines is 1. The van der Waals surface area contributed by atoms with E-state index in [2.05, 4.69) is 4.74 Å². The fraction of sp³-hybridized carbons (Fsp3) is 0.296. The number of nitrogens with zero attached hydrogens (tertiary/aromatic N) is 4. The third-order valence-electron chi connectivity index (χ3n) is 6.39. The van der Waals surface area contributed by atoms with Crippen molar-refractivity contribution >= 4 is 23.0 Å². The van der Waals surface area contributed by atoms with Gasteiger partial charge in [-0.15, -0.1) is 0 Å². The van der Waals surface area contributed by atoms with Crippen LogP contribution in [0.25, 0.3) is 0 Å². The summed E-state index contributed by atoms with van der Waals surface area (Å²) in [5.41, 5.74) is -1.22. The van der Waals surface area contributed by atoms with Crippen LogP contribution in [0, 0.1) is 26.0 Å². The number of nitro groups is 2. The van der Waals surface area contributed by atoms with Gasteiger partial charge in [-0.25, -0.2) is 0 Å². The van der Waals surface area contributed by atoms with Gasteiger partial charge in [-0.3, -0.25) is 29.9 Å². The number of piperazine rings is 1. The van der Waals surface area contributed by atoms with Crippen molar-refractivity contribution in [2.75, 3.05) is 31.6 Å². The van der Waals surface area contributed by atoms with E-state index in [0.717, 1.165) is 29.8 Å². The molecule has 224 valence electrons. The van der Waals surface area contributed by atoms with Crippen LogP contribution in [-0.4, -0.2) is 58.6 Å². The van der Waals surface area contributed by atoms with Gasteiger partial charge in [-0.2, -0.15) is 17.6 Å². The van der Waals surface area contributed by atoms with Crippen LogP contribution in [0.3, 0.4) is 0 Å². The quantitative estimate of drug-likeness (QED) is 0.203. The average molecular weight is 595 g/mol. The zero-order valence-corrected chi connectivity index (χ0v) is 22.2. The lowest BCUT2D eigenvalue weighted by Gasteiger charge is -2.42. The Balaban J connectivity index is 0.000000337. The van der Waals surface area contributed by atoms with Crippen LogP contribution in [0.2, 0.25) is 0 Å². The van der Waals surface area contributed by atoms with E-state index in [0.29, 0.717) is 19.2 Å². The molecule has 42 heavy (non-hydrogen) atoms. The van der Waals surface area contributed by atoms with Crippen LogP contribution in [0.1, 0.15) is 17.5 Å². The number of methoxy groups -OCH3 is 1. The number of benzene rings is 3. The van der Waals surface area contributed by atoms with Crippen LogP contribution >= 0.6 is 0 Å². The fourth-order valence-electron chi connectivity index (χ4n) is 4.45. The second kappa shape index (κ2) is 13.7. The first-order valence-corrected chi connectivity index (χ1v) is 12.4.